The van der Waals surface area contributed by atoms with E-state index in [9.17, 15) is 43.5 Å². The second-order valence-corrected chi connectivity index (χ2v) is 22.2. The molecule has 2 aliphatic rings. The molecule has 0 spiro atoms. The summed E-state index contributed by atoms with van der Waals surface area (Å²) in [5.74, 6) is -3.44. The molecule has 0 saturated carbocycles. The molecular formula is C59H91N7O12. The van der Waals surface area contributed by atoms with Crippen LogP contribution in [0.15, 0.2) is 54.6 Å². The molecule has 0 aromatic heterocycles. The van der Waals surface area contributed by atoms with Crippen molar-refractivity contribution in [1.29, 1.82) is 0 Å². The number of imide groups is 1. The minimum Gasteiger partial charge on any atom is -0.445 e. The first-order valence-electron chi connectivity index (χ1n) is 28.0. The number of ether oxygens (including phenoxy) is 3. The maximum absolute atomic E-state index is 14.7. The third kappa shape index (κ3) is 17.5. The Balaban J connectivity index is 1.33. The van der Waals surface area contributed by atoms with E-state index in [1.165, 1.54) is 31.1 Å². The summed E-state index contributed by atoms with van der Waals surface area (Å²) in [5.41, 5.74) is 2.08. The standard InChI is InChI=1S/C59H91N7O12/c1-14-38(6)52(47(76-12)33-49(69)65-31-21-25-46(65)54(77-13)40(8)55(71)61-41(9)53(70)43-22-17-15-18-23-43)63(10)58(74)50(36(2)3)62-56(72)51(37(4)5)64(11)59(75)78-35-42-26-28-44(29-27-42)60-34-45(67)24-19-16-20-30-66-48(68)32-39(7)57(66)73/h15,17-18,22-23,26-29,36-41,46-47,50-54,60,70H,14,16,19-21,24-25,30-35H2,1-13H3,(H,61,71)(H,62,72)/t38-,39?,40+,41+,46-,47+,50-,51-,52-,53+,54+/m0/s1. The van der Waals surface area contributed by atoms with Crippen molar-refractivity contribution in [3.8, 4) is 0 Å². The maximum Gasteiger partial charge on any atom is 0.410 e. The van der Waals surface area contributed by atoms with E-state index >= 15 is 0 Å². The number of Topliss-reactive ketones (excluding diaryl/α,β-unsaturated/α-hetero) is 1. The van der Waals surface area contributed by atoms with E-state index in [4.69, 9.17) is 14.2 Å². The van der Waals surface area contributed by atoms with Gasteiger partial charge in [0.1, 0.15) is 18.7 Å². The molecule has 0 radical (unpaired) electrons. The van der Waals surface area contributed by atoms with E-state index in [2.05, 4.69) is 16.0 Å². The van der Waals surface area contributed by atoms with Gasteiger partial charge >= 0.3 is 6.09 Å². The van der Waals surface area contributed by atoms with Crippen LogP contribution in [0, 0.1) is 29.6 Å². The van der Waals surface area contributed by atoms with Crippen molar-refractivity contribution in [3.63, 3.8) is 0 Å². The van der Waals surface area contributed by atoms with E-state index in [1.807, 2.05) is 45.9 Å². The van der Waals surface area contributed by atoms with Crippen LogP contribution in [0.25, 0.3) is 0 Å². The number of carbonyl (C=O) groups is 8. The topological polar surface area (TPSA) is 234 Å². The van der Waals surface area contributed by atoms with Crippen molar-refractivity contribution in [3.05, 3.63) is 65.7 Å². The quantitative estimate of drug-likeness (QED) is 0.0466. The number of methoxy groups -OCH3 is 2. The summed E-state index contributed by atoms with van der Waals surface area (Å²) in [6.07, 6.45) is 1.57. The Morgan fingerprint density at radius 2 is 1.49 bits per heavy atom. The van der Waals surface area contributed by atoms with Gasteiger partial charge in [-0.2, -0.15) is 0 Å². The number of amides is 7. The summed E-state index contributed by atoms with van der Waals surface area (Å²) >= 11 is 0. The smallest absolute Gasteiger partial charge is 0.410 e. The van der Waals surface area contributed by atoms with Gasteiger partial charge in [-0.3, -0.25) is 43.4 Å². The molecule has 2 aliphatic heterocycles. The number of nitrogens with zero attached hydrogens (tertiary/aromatic N) is 4. The van der Waals surface area contributed by atoms with Crippen LogP contribution < -0.4 is 16.0 Å². The van der Waals surface area contributed by atoms with Crippen molar-refractivity contribution in [1.82, 2.24) is 30.2 Å². The number of likely N-dealkylation sites (tertiary alicyclic amines) is 2. The summed E-state index contributed by atoms with van der Waals surface area (Å²) in [4.78, 5) is 113. The van der Waals surface area contributed by atoms with E-state index in [1.54, 1.807) is 87.9 Å². The lowest BCUT2D eigenvalue weighted by molar-refractivity contribution is -0.148. The molecule has 7 amide bonds. The van der Waals surface area contributed by atoms with Crippen molar-refractivity contribution in [2.75, 3.05) is 53.3 Å². The van der Waals surface area contributed by atoms with E-state index in [0.29, 0.717) is 68.4 Å². The Morgan fingerprint density at radius 3 is 2.06 bits per heavy atom. The minimum absolute atomic E-state index is 0.0328. The van der Waals surface area contributed by atoms with E-state index in [0.717, 1.165) is 6.42 Å². The molecule has 434 valence electrons. The molecule has 78 heavy (non-hydrogen) atoms. The number of aliphatic hydroxyl groups excluding tert-OH is 1. The fraction of sp³-hybridized carbons (Fsp3) is 0.661. The lowest BCUT2D eigenvalue weighted by Gasteiger charge is -2.41. The van der Waals surface area contributed by atoms with Crippen LogP contribution in [0.2, 0.25) is 0 Å². The molecule has 0 aliphatic carbocycles. The lowest BCUT2D eigenvalue weighted by Crippen LogP contribution is -2.60. The Hall–Kier alpha value is -5.92. The van der Waals surface area contributed by atoms with Gasteiger partial charge in [0.25, 0.3) is 0 Å². The van der Waals surface area contributed by atoms with Gasteiger partial charge in [0.15, 0.2) is 5.78 Å². The summed E-state index contributed by atoms with van der Waals surface area (Å²) in [6.45, 7) is 17.4. The third-order valence-electron chi connectivity index (χ3n) is 15.7. The monoisotopic (exact) mass is 1090 g/mol. The summed E-state index contributed by atoms with van der Waals surface area (Å²) in [6, 6.07) is 12.6. The molecule has 1 unspecified atom stereocenters. The highest BCUT2D eigenvalue weighted by atomic mass is 16.6. The summed E-state index contributed by atoms with van der Waals surface area (Å²) in [7, 11) is 6.19. The third-order valence-corrected chi connectivity index (χ3v) is 15.7. The van der Waals surface area contributed by atoms with Gasteiger partial charge < -0.3 is 45.1 Å². The number of rotatable bonds is 31. The fourth-order valence-electron chi connectivity index (χ4n) is 10.8. The van der Waals surface area contributed by atoms with Crippen LogP contribution in [0.1, 0.15) is 137 Å². The molecule has 2 aromatic carbocycles. The first-order valence-corrected chi connectivity index (χ1v) is 28.0. The normalized spacial score (nSPS) is 19.1. The van der Waals surface area contributed by atoms with Gasteiger partial charge in [0, 0.05) is 65.9 Å². The minimum atomic E-state index is -1.00. The predicted octanol–water partition coefficient (Wildman–Crippen LogP) is 6.52. The first-order chi connectivity index (χ1) is 37.0. The Labute approximate surface area is 463 Å². The molecule has 4 N–H and O–H groups in total. The Morgan fingerprint density at radius 1 is 0.821 bits per heavy atom. The van der Waals surface area contributed by atoms with Crippen molar-refractivity contribution in [2.45, 2.75) is 175 Å². The highest BCUT2D eigenvalue weighted by Crippen LogP contribution is 2.30. The zero-order valence-corrected chi connectivity index (χ0v) is 48.6. The zero-order chi connectivity index (χ0) is 58.0. The number of nitrogens with one attached hydrogen (secondary N) is 3. The number of hydrogen-bond donors (Lipinski definition) is 4. The molecule has 2 fully saturated rings. The van der Waals surface area contributed by atoms with Gasteiger partial charge in [-0.25, -0.2) is 4.79 Å². The summed E-state index contributed by atoms with van der Waals surface area (Å²) < 4.78 is 17.7. The summed E-state index contributed by atoms with van der Waals surface area (Å²) in [5, 5.41) is 19.9. The fourth-order valence-corrected chi connectivity index (χ4v) is 10.8. The highest BCUT2D eigenvalue weighted by Gasteiger charge is 2.44. The van der Waals surface area contributed by atoms with Gasteiger partial charge in [0.05, 0.1) is 55.3 Å². The Kier molecular flexibility index (Phi) is 25.7. The number of benzene rings is 2. The van der Waals surface area contributed by atoms with Crippen LogP contribution >= 0.6 is 0 Å². The van der Waals surface area contributed by atoms with Gasteiger partial charge in [-0.15, -0.1) is 0 Å². The lowest BCUT2D eigenvalue weighted by atomic mass is 9.89. The van der Waals surface area contributed by atoms with Gasteiger partial charge in [0.2, 0.25) is 35.4 Å². The SMILES string of the molecule is CC[C@H](C)[C@@H]([C@@H](CC(=O)N1CCC[C@H]1[C@H](OC)[C@@H](C)C(=O)N[C@H](C)[C@@H](O)c1ccccc1)OC)N(C)C(=O)[C@@H](NC(=O)[C@H](C(C)C)N(C)C(=O)OCc1ccc(NCC(=O)CCCCCN2C(=O)CC(C)C2=O)cc1)C(C)C. The molecule has 0 bridgehead atoms. The number of likely N-dealkylation sites (N-methyl/N-ethyl adjacent to an activating group) is 2. The number of carbonyl (C=O) groups excluding carboxylic acids is 8. The molecule has 19 heteroatoms. The van der Waals surface area contributed by atoms with Crippen LogP contribution in [0.5, 0.6) is 0 Å². The van der Waals surface area contributed by atoms with Crippen molar-refractivity contribution < 1.29 is 57.7 Å². The van der Waals surface area contributed by atoms with Crippen LogP contribution in [-0.4, -0.2) is 162 Å². The number of unbranched alkanes of at least 4 members (excludes halogenated alkanes) is 2. The van der Waals surface area contributed by atoms with Crippen molar-refractivity contribution in [2.24, 2.45) is 29.6 Å². The van der Waals surface area contributed by atoms with Crippen LogP contribution in [0.4, 0.5) is 10.5 Å². The number of aliphatic hydroxyl groups is 1. The predicted molar refractivity (Wildman–Crippen MR) is 297 cm³/mol. The molecule has 19 nitrogen and oxygen atoms in total. The molecule has 11 atom stereocenters. The largest absolute Gasteiger partial charge is 0.445 e. The molecular weight excluding hydrogens is 999 g/mol. The van der Waals surface area contributed by atoms with E-state index in [-0.39, 0.29) is 85.0 Å². The number of hydrogen-bond acceptors (Lipinski definition) is 13. The molecule has 4 rings (SSSR count). The zero-order valence-electron chi connectivity index (χ0n) is 48.6. The number of anilines is 1. The van der Waals surface area contributed by atoms with Crippen LogP contribution in [0.3, 0.4) is 0 Å². The molecule has 2 heterocycles. The average Bonchev–Trinajstić information content (AvgIpc) is 4.00. The average molecular weight is 1090 g/mol. The number of ketones is 1. The maximum atomic E-state index is 14.7. The first kappa shape index (κ1) is 64.6. The molecule has 2 saturated heterocycles. The molecule has 2 aromatic rings. The van der Waals surface area contributed by atoms with Gasteiger partial charge in [-0.1, -0.05) is 111 Å². The van der Waals surface area contributed by atoms with Crippen LogP contribution in [-0.2, 0) is 54.4 Å². The van der Waals surface area contributed by atoms with E-state index < -0.39 is 66.4 Å². The highest BCUT2D eigenvalue weighted by molar-refractivity contribution is 6.03. The van der Waals surface area contributed by atoms with Crippen molar-refractivity contribution >= 4 is 53.0 Å². The van der Waals surface area contributed by atoms with Gasteiger partial charge in [-0.05, 0) is 73.6 Å². The second kappa shape index (κ2) is 31.0. The second-order valence-electron chi connectivity index (χ2n) is 22.2. The Bertz CT molecular complexity index is 2300.